The van der Waals surface area contributed by atoms with Crippen LogP contribution in [0, 0.1) is 23.2 Å². The fourth-order valence-corrected chi connectivity index (χ4v) is 7.25. The molecule has 2 unspecified atom stereocenters. The van der Waals surface area contributed by atoms with Crippen molar-refractivity contribution in [3.63, 3.8) is 0 Å². The van der Waals surface area contributed by atoms with Gasteiger partial charge >= 0.3 is 23.9 Å². The van der Waals surface area contributed by atoms with E-state index in [0.29, 0.717) is 12.8 Å². The van der Waals surface area contributed by atoms with Crippen molar-refractivity contribution >= 4 is 16.1 Å². The van der Waals surface area contributed by atoms with E-state index >= 15 is 0 Å². The van der Waals surface area contributed by atoms with Crippen LogP contribution in [0.5, 0.6) is 0 Å². The molecule has 1 spiro atoms. The Kier molecular flexibility index (Phi) is 5.28. The average Bonchev–Trinajstić information content (AvgIpc) is 2.92. The zero-order chi connectivity index (χ0) is 24.9. The molecule has 14 heteroatoms. The van der Waals surface area contributed by atoms with Crippen molar-refractivity contribution < 1.29 is 58.3 Å². The fourth-order valence-electron chi connectivity index (χ4n) is 6.35. The molecule has 1 saturated heterocycles. The summed E-state index contributed by atoms with van der Waals surface area (Å²) in [4.78, 5) is 13.0. The molecule has 4 aliphatic carbocycles. The van der Waals surface area contributed by atoms with Gasteiger partial charge in [-0.3, -0.25) is 9.35 Å². The monoisotopic (exact) mass is 510 g/mol. The van der Waals surface area contributed by atoms with Gasteiger partial charge in [0.05, 0.1) is 17.6 Å². The first-order valence-electron chi connectivity index (χ1n) is 10.4. The first-order chi connectivity index (χ1) is 14.7. The predicted molar refractivity (Wildman–Crippen MR) is 97.2 cm³/mol. The van der Waals surface area contributed by atoms with Gasteiger partial charge in [-0.15, -0.1) is 0 Å². The molecule has 7 nitrogen and oxygen atoms in total. The Labute approximate surface area is 185 Å². The zero-order valence-corrected chi connectivity index (χ0v) is 18.6. The molecular weight excluding hydrogens is 486 g/mol. The molecule has 1 N–H and O–H groups in total. The topological polar surface area (TPSA) is 99.1 Å². The molecule has 5 fully saturated rings. The normalized spacial score (nSPS) is 38.2. The smallest absolute Gasteiger partial charge is 0.438 e. The first-order valence-corrected chi connectivity index (χ1v) is 12.0. The van der Waals surface area contributed by atoms with E-state index < -0.39 is 68.4 Å². The Morgan fingerprint density at radius 2 is 1.55 bits per heavy atom. The van der Waals surface area contributed by atoms with Gasteiger partial charge in [-0.2, -0.15) is 34.8 Å². The van der Waals surface area contributed by atoms with Crippen molar-refractivity contribution in [2.24, 2.45) is 23.2 Å². The van der Waals surface area contributed by atoms with Crippen molar-refractivity contribution in [2.75, 3.05) is 12.4 Å². The van der Waals surface area contributed by atoms with Crippen LogP contribution in [0.2, 0.25) is 0 Å². The molecule has 2 atom stereocenters. The summed E-state index contributed by atoms with van der Waals surface area (Å²) >= 11 is 0. The van der Waals surface area contributed by atoms with E-state index in [0.717, 1.165) is 0 Å². The van der Waals surface area contributed by atoms with Crippen LogP contribution in [0.4, 0.5) is 26.3 Å². The third-order valence-corrected chi connectivity index (χ3v) is 8.18. The summed E-state index contributed by atoms with van der Waals surface area (Å²) in [6.07, 6.45) is -11.8. The number of alkyl halides is 6. The number of hydrogen-bond donors (Lipinski definition) is 1. The van der Waals surface area contributed by atoms with Gasteiger partial charge in [-0.1, -0.05) is 0 Å². The molecule has 0 amide bonds. The third kappa shape index (κ3) is 3.84. The van der Waals surface area contributed by atoms with Crippen LogP contribution in [-0.4, -0.2) is 60.6 Å². The highest BCUT2D eigenvalue weighted by atomic mass is 32.2. The highest BCUT2D eigenvalue weighted by Gasteiger charge is 2.77. The minimum atomic E-state index is -6.35. The molecule has 5 aliphatic rings. The maximum atomic E-state index is 13.6. The largest absolute Gasteiger partial charge is 0.438 e. The van der Waals surface area contributed by atoms with Gasteiger partial charge in [0.1, 0.15) is 5.75 Å². The Bertz CT molecular complexity index is 911. The van der Waals surface area contributed by atoms with Crippen molar-refractivity contribution in [2.45, 2.75) is 75.3 Å². The summed E-state index contributed by atoms with van der Waals surface area (Å²) in [5.41, 5.74) is -7.70. The van der Waals surface area contributed by atoms with Gasteiger partial charge in [-0.25, -0.2) is 0 Å². The maximum Gasteiger partial charge on any atom is 0.438 e. The first kappa shape index (κ1) is 25.0. The lowest BCUT2D eigenvalue weighted by Crippen LogP contribution is -2.67. The van der Waals surface area contributed by atoms with E-state index in [1.807, 2.05) is 0 Å². The average molecular weight is 510 g/mol. The number of rotatable bonds is 4. The lowest BCUT2D eigenvalue weighted by molar-refractivity contribution is -0.367. The van der Waals surface area contributed by atoms with E-state index in [9.17, 15) is 39.6 Å². The second kappa shape index (κ2) is 6.97. The standard InChI is InChI=1S/C19H24F6O7S/c1-14(2)8-30-17(32-14)11-3-10-4-12(17)7-15(5-10,6-11)13(26)31-16(18(20,21)22,19(23,24)25)9-33(27,28)29/h10-12H,3-9H2,1-2H3,(H,27,28,29). The minimum absolute atomic E-state index is 0.0238. The molecule has 1 aliphatic heterocycles. The van der Waals surface area contributed by atoms with Crippen molar-refractivity contribution in [3.8, 4) is 0 Å². The molecule has 0 radical (unpaired) electrons. The SMILES string of the molecule is CC1(C)COC2(O1)C1CC3CC2CC(C(=O)OC(CS(=O)(=O)O)(C(F)(F)F)C(F)(F)F)(C3)C1. The Hall–Kier alpha value is -1.12. The number of hydrogen-bond acceptors (Lipinski definition) is 6. The highest BCUT2D eigenvalue weighted by Crippen LogP contribution is 2.67. The number of halogens is 6. The second-order valence-electron chi connectivity index (χ2n) is 10.4. The molecule has 0 aromatic heterocycles. The van der Waals surface area contributed by atoms with Gasteiger partial charge in [-0.05, 0) is 51.9 Å². The lowest BCUT2D eigenvalue weighted by atomic mass is 9.47. The Balaban J connectivity index is 1.68. The molecule has 190 valence electrons. The number of esters is 1. The molecule has 1 heterocycles. The molecule has 4 bridgehead atoms. The minimum Gasteiger partial charge on any atom is -0.438 e. The molecule has 0 aromatic rings. The predicted octanol–water partition coefficient (Wildman–Crippen LogP) is 3.63. The van der Waals surface area contributed by atoms with Gasteiger partial charge in [0, 0.05) is 11.8 Å². The van der Waals surface area contributed by atoms with Crippen LogP contribution in [0.1, 0.15) is 46.0 Å². The number of carbonyl (C=O) groups excluding carboxylic acids is 1. The zero-order valence-electron chi connectivity index (χ0n) is 17.8. The fraction of sp³-hybridized carbons (Fsp3) is 0.947. The summed E-state index contributed by atoms with van der Waals surface area (Å²) in [5, 5.41) is 0. The Morgan fingerprint density at radius 1 is 1.03 bits per heavy atom. The van der Waals surface area contributed by atoms with E-state index in [1.165, 1.54) is 0 Å². The maximum absolute atomic E-state index is 13.6. The van der Waals surface area contributed by atoms with E-state index in [4.69, 9.17) is 14.0 Å². The van der Waals surface area contributed by atoms with Crippen LogP contribution in [-0.2, 0) is 29.1 Å². The number of ether oxygens (including phenoxy) is 3. The van der Waals surface area contributed by atoms with E-state index in [-0.39, 0.29) is 31.8 Å². The lowest BCUT2D eigenvalue weighted by Gasteiger charge is -2.62. The van der Waals surface area contributed by atoms with Gasteiger partial charge in [0.2, 0.25) is 0 Å². The van der Waals surface area contributed by atoms with Crippen LogP contribution in [0.25, 0.3) is 0 Å². The summed E-state index contributed by atoms with van der Waals surface area (Å²) < 4.78 is 129. The second-order valence-corrected chi connectivity index (χ2v) is 11.9. The summed E-state index contributed by atoms with van der Waals surface area (Å²) in [6, 6.07) is 0. The van der Waals surface area contributed by atoms with Crippen LogP contribution in [0.3, 0.4) is 0 Å². The highest BCUT2D eigenvalue weighted by molar-refractivity contribution is 7.85. The summed E-state index contributed by atoms with van der Waals surface area (Å²) in [5.74, 6) is -6.74. The van der Waals surface area contributed by atoms with E-state index in [2.05, 4.69) is 4.74 Å². The summed E-state index contributed by atoms with van der Waals surface area (Å²) in [6.45, 7) is 3.85. The molecule has 0 aromatic carbocycles. The van der Waals surface area contributed by atoms with E-state index in [1.54, 1.807) is 13.8 Å². The summed E-state index contributed by atoms with van der Waals surface area (Å²) in [7, 11) is -5.84. The quantitative estimate of drug-likeness (QED) is 0.350. The van der Waals surface area contributed by atoms with Crippen molar-refractivity contribution in [1.82, 2.24) is 0 Å². The molecule has 5 rings (SSSR count). The van der Waals surface area contributed by atoms with Crippen LogP contribution < -0.4 is 0 Å². The van der Waals surface area contributed by atoms with Gasteiger partial charge in [0.25, 0.3) is 10.1 Å². The van der Waals surface area contributed by atoms with Gasteiger partial charge < -0.3 is 14.2 Å². The molecule has 4 saturated carbocycles. The Morgan fingerprint density at radius 3 is 1.94 bits per heavy atom. The third-order valence-electron chi connectivity index (χ3n) is 7.41. The van der Waals surface area contributed by atoms with Crippen molar-refractivity contribution in [1.29, 1.82) is 0 Å². The number of carbonyl (C=O) groups is 1. The molecule has 33 heavy (non-hydrogen) atoms. The van der Waals surface area contributed by atoms with Crippen LogP contribution >= 0.6 is 0 Å². The molecular formula is C19H24F6O7S. The van der Waals surface area contributed by atoms with Crippen molar-refractivity contribution in [3.05, 3.63) is 0 Å². The van der Waals surface area contributed by atoms with Gasteiger partial charge in [0.15, 0.2) is 5.79 Å². The van der Waals surface area contributed by atoms with Crippen LogP contribution in [0.15, 0.2) is 0 Å².